The molecule has 0 aliphatic rings. The van der Waals surface area contributed by atoms with Crippen molar-refractivity contribution in [2.75, 3.05) is 12.4 Å². The van der Waals surface area contributed by atoms with Crippen LogP contribution < -0.4 is 5.32 Å². The lowest BCUT2D eigenvalue weighted by atomic mass is 10.4. The van der Waals surface area contributed by atoms with Crippen molar-refractivity contribution in [3.8, 4) is 0 Å². The van der Waals surface area contributed by atoms with E-state index in [2.05, 4.69) is 10.4 Å². The second kappa shape index (κ2) is 2.58. The Bertz CT molecular complexity index is 280. The molecule has 0 unspecified atom stereocenters. The molecule has 4 nitrogen and oxygen atoms in total. The van der Waals surface area contributed by atoms with E-state index in [4.69, 9.17) is 5.21 Å². The summed E-state index contributed by atoms with van der Waals surface area (Å²) in [4.78, 5) is 0.142. The maximum Gasteiger partial charge on any atom is 0.435 e. The van der Waals surface area contributed by atoms with E-state index >= 15 is 0 Å². The molecule has 68 valence electrons. The van der Waals surface area contributed by atoms with Gasteiger partial charge in [0.15, 0.2) is 11.5 Å². The Labute approximate surface area is 65.6 Å². The van der Waals surface area contributed by atoms with E-state index < -0.39 is 11.9 Å². The summed E-state index contributed by atoms with van der Waals surface area (Å²) in [6.45, 7) is 0. The summed E-state index contributed by atoms with van der Waals surface area (Å²) < 4.78 is 35.7. The summed E-state index contributed by atoms with van der Waals surface area (Å²) in [7, 11) is 1.38. The van der Waals surface area contributed by atoms with Gasteiger partial charge in [-0.25, -0.2) is 0 Å². The summed E-state index contributed by atoms with van der Waals surface area (Å²) >= 11 is 0. The van der Waals surface area contributed by atoms with Gasteiger partial charge in [0.1, 0.15) is 0 Å². The van der Waals surface area contributed by atoms with Crippen LogP contribution in [0.3, 0.4) is 0 Å². The third-order valence-electron chi connectivity index (χ3n) is 1.24. The molecule has 12 heavy (non-hydrogen) atoms. The second-order valence-corrected chi connectivity index (χ2v) is 2.05. The zero-order valence-corrected chi connectivity index (χ0v) is 6.05. The number of alkyl halides is 3. The van der Waals surface area contributed by atoms with Gasteiger partial charge in [-0.3, -0.25) is 0 Å². The number of nitrogens with zero attached hydrogens (tertiary/aromatic N) is 2. The van der Waals surface area contributed by atoms with Gasteiger partial charge >= 0.3 is 6.18 Å². The van der Waals surface area contributed by atoms with Crippen LogP contribution in [0.1, 0.15) is 5.69 Å². The molecule has 0 atom stereocenters. The van der Waals surface area contributed by atoms with Crippen LogP contribution in [0.4, 0.5) is 19.0 Å². The van der Waals surface area contributed by atoms with E-state index in [0.717, 1.165) is 0 Å². The van der Waals surface area contributed by atoms with Crippen LogP contribution in [0.25, 0.3) is 0 Å². The quantitative estimate of drug-likeness (QED) is 0.639. The highest BCUT2D eigenvalue weighted by molar-refractivity contribution is 5.36. The largest absolute Gasteiger partial charge is 0.435 e. The predicted octanol–water partition coefficient (Wildman–Crippen LogP) is 1.18. The molecule has 1 rings (SSSR count). The van der Waals surface area contributed by atoms with E-state index in [1.165, 1.54) is 7.05 Å². The Hall–Kier alpha value is -1.40. The molecule has 0 aliphatic carbocycles. The number of hydrogen-bond donors (Lipinski definition) is 2. The Morgan fingerprint density at radius 3 is 2.42 bits per heavy atom. The fraction of sp³-hybridized carbons (Fsp3) is 0.400. The Morgan fingerprint density at radius 1 is 1.58 bits per heavy atom. The molecular weight excluding hydrogens is 175 g/mol. The van der Waals surface area contributed by atoms with E-state index in [9.17, 15) is 13.2 Å². The third-order valence-corrected chi connectivity index (χ3v) is 1.24. The molecular formula is C5H6F3N3O. The second-order valence-electron chi connectivity index (χ2n) is 2.05. The van der Waals surface area contributed by atoms with Crippen molar-refractivity contribution >= 4 is 5.82 Å². The molecule has 7 heteroatoms. The first-order valence-corrected chi connectivity index (χ1v) is 2.99. The van der Waals surface area contributed by atoms with Gasteiger partial charge in [-0.2, -0.15) is 13.2 Å². The Kier molecular flexibility index (Phi) is 1.87. The molecule has 0 radical (unpaired) electrons. The van der Waals surface area contributed by atoms with Crippen LogP contribution in [-0.2, 0) is 6.18 Å². The van der Waals surface area contributed by atoms with Crippen molar-refractivity contribution < 1.29 is 18.4 Å². The minimum absolute atomic E-state index is 0.109. The molecule has 1 aromatic heterocycles. The molecule has 0 spiro atoms. The Balaban J connectivity index is 3.05. The highest BCUT2D eigenvalue weighted by atomic mass is 19.4. The van der Waals surface area contributed by atoms with Crippen LogP contribution in [0.15, 0.2) is 6.07 Å². The number of nitrogens with one attached hydrogen (secondary N) is 1. The van der Waals surface area contributed by atoms with Crippen molar-refractivity contribution in [1.82, 2.24) is 9.94 Å². The molecule has 0 aliphatic heterocycles. The zero-order valence-electron chi connectivity index (χ0n) is 6.05. The lowest BCUT2D eigenvalue weighted by molar-refractivity contribution is -0.142. The van der Waals surface area contributed by atoms with Gasteiger partial charge < -0.3 is 10.5 Å². The van der Waals surface area contributed by atoms with Crippen molar-refractivity contribution in [1.29, 1.82) is 0 Å². The lowest BCUT2D eigenvalue weighted by Gasteiger charge is -1.98. The molecule has 0 aromatic carbocycles. The van der Waals surface area contributed by atoms with Crippen LogP contribution in [0, 0.1) is 0 Å². The molecule has 1 aromatic rings. The molecule has 0 saturated heterocycles. The van der Waals surface area contributed by atoms with Crippen LogP contribution in [0.2, 0.25) is 0 Å². The monoisotopic (exact) mass is 181 g/mol. The van der Waals surface area contributed by atoms with Crippen LogP contribution in [-0.4, -0.2) is 22.2 Å². The molecule has 0 amide bonds. The maximum absolute atomic E-state index is 11.9. The summed E-state index contributed by atoms with van der Waals surface area (Å²) in [5.74, 6) is -0.109. The fourth-order valence-corrected chi connectivity index (χ4v) is 0.683. The van der Waals surface area contributed by atoms with E-state index in [1.807, 2.05) is 0 Å². The van der Waals surface area contributed by atoms with E-state index in [-0.39, 0.29) is 10.7 Å². The molecule has 0 fully saturated rings. The SMILES string of the molecule is CNc1cc(C(F)(F)F)nn1O. The first-order valence-electron chi connectivity index (χ1n) is 2.99. The van der Waals surface area contributed by atoms with Gasteiger partial charge in [-0.05, 0) is 0 Å². The van der Waals surface area contributed by atoms with Crippen molar-refractivity contribution in [3.05, 3.63) is 11.8 Å². The topological polar surface area (TPSA) is 50.1 Å². The molecule has 0 saturated carbocycles. The van der Waals surface area contributed by atoms with Crippen molar-refractivity contribution in [3.63, 3.8) is 0 Å². The number of anilines is 1. The molecule has 2 N–H and O–H groups in total. The highest BCUT2D eigenvalue weighted by Gasteiger charge is 2.34. The first-order chi connectivity index (χ1) is 5.45. The van der Waals surface area contributed by atoms with E-state index in [1.54, 1.807) is 0 Å². The average molecular weight is 181 g/mol. The van der Waals surface area contributed by atoms with Gasteiger partial charge in [0.2, 0.25) is 0 Å². The number of halogens is 3. The third kappa shape index (κ3) is 1.44. The summed E-state index contributed by atoms with van der Waals surface area (Å²) in [5.41, 5.74) is -1.13. The zero-order chi connectivity index (χ0) is 9.35. The van der Waals surface area contributed by atoms with Gasteiger partial charge in [0, 0.05) is 13.1 Å². The van der Waals surface area contributed by atoms with Gasteiger partial charge in [-0.1, -0.05) is 4.85 Å². The first kappa shape index (κ1) is 8.69. The highest BCUT2D eigenvalue weighted by Crippen LogP contribution is 2.29. The number of hydrogen-bond acceptors (Lipinski definition) is 3. The standard InChI is InChI=1S/C5H6F3N3O/c1-9-4-2-3(5(6,7)8)10-11(4)12/h2,9,12H,1H3. The fourth-order valence-electron chi connectivity index (χ4n) is 0.683. The normalized spacial score (nSPS) is 11.7. The van der Waals surface area contributed by atoms with Crippen LogP contribution >= 0.6 is 0 Å². The van der Waals surface area contributed by atoms with Gasteiger partial charge in [-0.15, -0.1) is 5.10 Å². The summed E-state index contributed by atoms with van der Waals surface area (Å²) in [6.07, 6.45) is -4.53. The Morgan fingerprint density at radius 2 is 2.17 bits per heavy atom. The minimum Gasteiger partial charge on any atom is -0.410 e. The minimum atomic E-state index is -4.53. The predicted molar refractivity (Wildman–Crippen MR) is 34.0 cm³/mol. The van der Waals surface area contributed by atoms with E-state index in [0.29, 0.717) is 6.07 Å². The molecule has 1 heterocycles. The van der Waals surface area contributed by atoms with Crippen LogP contribution in [0.5, 0.6) is 0 Å². The smallest absolute Gasteiger partial charge is 0.410 e. The van der Waals surface area contributed by atoms with Gasteiger partial charge in [0.25, 0.3) is 0 Å². The summed E-state index contributed by atoms with van der Waals surface area (Å²) in [6, 6.07) is 0.708. The number of rotatable bonds is 1. The lowest BCUT2D eigenvalue weighted by Crippen LogP contribution is -2.06. The maximum atomic E-state index is 11.9. The van der Waals surface area contributed by atoms with Crippen molar-refractivity contribution in [2.24, 2.45) is 0 Å². The van der Waals surface area contributed by atoms with Crippen molar-refractivity contribution in [2.45, 2.75) is 6.18 Å². The van der Waals surface area contributed by atoms with Gasteiger partial charge in [0.05, 0.1) is 0 Å². The molecule has 0 bridgehead atoms. The number of aromatic nitrogens is 2. The summed E-state index contributed by atoms with van der Waals surface area (Å²) in [5, 5.41) is 13.9. The average Bonchev–Trinajstić information content (AvgIpc) is 2.29.